The van der Waals surface area contributed by atoms with Crippen LogP contribution in [-0.2, 0) is 10.9 Å². The van der Waals surface area contributed by atoms with Gasteiger partial charge in [-0.15, -0.1) is 0 Å². The predicted molar refractivity (Wildman–Crippen MR) is 114 cm³/mol. The number of morpholine rings is 1. The number of nitrogens with zero attached hydrogens (tertiary/aromatic N) is 3. The van der Waals surface area contributed by atoms with Gasteiger partial charge in [0, 0.05) is 44.3 Å². The van der Waals surface area contributed by atoms with Gasteiger partial charge in [0.1, 0.15) is 0 Å². The summed E-state index contributed by atoms with van der Waals surface area (Å²) in [4.78, 5) is 32.6. The van der Waals surface area contributed by atoms with Crippen molar-refractivity contribution in [3.63, 3.8) is 0 Å². The van der Waals surface area contributed by atoms with Gasteiger partial charge in [-0.1, -0.05) is 12.1 Å². The first-order valence-corrected chi connectivity index (χ1v) is 10.9. The summed E-state index contributed by atoms with van der Waals surface area (Å²) in [6, 6.07) is 6.61. The van der Waals surface area contributed by atoms with Crippen LogP contribution in [0.25, 0.3) is 0 Å². The highest BCUT2D eigenvalue weighted by Crippen LogP contribution is 2.33. The van der Waals surface area contributed by atoms with Crippen molar-refractivity contribution < 1.29 is 31.9 Å². The number of urea groups is 1. The van der Waals surface area contributed by atoms with Crippen LogP contribution in [0.1, 0.15) is 33.8 Å². The van der Waals surface area contributed by atoms with Crippen LogP contribution in [-0.4, -0.2) is 72.2 Å². The summed E-state index contributed by atoms with van der Waals surface area (Å²) >= 11 is 0. The third kappa shape index (κ3) is 5.64. The zero-order valence-corrected chi connectivity index (χ0v) is 18.2. The lowest BCUT2D eigenvalue weighted by molar-refractivity contribution is -0.137. The molecule has 2 unspecified atom stereocenters. The van der Waals surface area contributed by atoms with E-state index in [-0.39, 0.29) is 24.1 Å². The number of rotatable bonds is 3. The molecule has 7 nitrogen and oxygen atoms in total. The van der Waals surface area contributed by atoms with E-state index in [2.05, 4.69) is 10.3 Å². The summed E-state index contributed by atoms with van der Waals surface area (Å²) in [6.45, 7) is 2.30. The van der Waals surface area contributed by atoms with Crippen molar-refractivity contribution in [1.82, 2.24) is 20.1 Å². The second kappa shape index (κ2) is 9.96. The Morgan fingerprint density at radius 1 is 1.00 bits per heavy atom. The molecule has 1 aromatic heterocycles. The highest BCUT2D eigenvalue weighted by molar-refractivity contribution is 5.94. The molecular weight excluding hydrogens is 456 g/mol. The maximum absolute atomic E-state index is 13.1. The lowest BCUT2D eigenvalue weighted by atomic mass is 9.87. The Labute approximate surface area is 193 Å². The molecule has 0 bridgehead atoms. The first-order chi connectivity index (χ1) is 16.2. The zero-order valence-electron chi connectivity index (χ0n) is 18.2. The van der Waals surface area contributed by atoms with Gasteiger partial charge in [0.15, 0.2) is 0 Å². The van der Waals surface area contributed by atoms with Gasteiger partial charge in [-0.2, -0.15) is 17.6 Å². The number of ether oxygens (including phenoxy) is 1. The van der Waals surface area contributed by atoms with Gasteiger partial charge in [0.25, 0.3) is 5.91 Å². The van der Waals surface area contributed by atoms with Gasteiger partial charge in [-0.25, -0.2) is 9.78 Å². The fraction of sp³-hybridized carbons (Fsp3) is 0.435. The second-order valence-electron chi connectivity index (χ2n) is 8.38. The van der Waals surface area contributed by atoms with Crippen molar-refractivity contribution in [3.05, 3.63) is 65.2 Å². The number of piperidine rings is 1. The molecule has 4 rings (SSSR count). The number of halogens is 4. The number of carbonyl (C=O) groups is 2. The molecule has 1 aromatic carbocycles. The van der Waals surface area contributed by atoms with Crippen LogP contribution < -0.4 is 5.32 Å². The van der Waals surface area contributed by atoms with Crippen molar-refractivity contribution in [3.8, 4) is 0 Å². The fourth-order valence-corrected chi connectivity index (χ4v) is 4.28. The van der Waals surface area contributed by atoms with Crippen LogP contribution in [0.4, 0.5) is 22.4 Å². The third-order valence-corrected chi connectivity index (χ3v) is 6.04. The van der Waals surface area contributed by atoms with Crippen LogP contribution in [0.3, 0.4) is 0 Å². The molecule has 0 spiro atoms. The highest BCUT2D eigenvalue weighted by atomic mass is 19.4. The van der Waals surface area contributed by atoms with Crippen molar-refractivity contribution >= 4 is 11.9 Å². The number of hydrogen-bond donors (Lipinski definition) is 1. The van der Waals surface area contributed by atoms with E-state index in [1.807, 2.05) is 0 Å². The predicted octanol–water partition coefficient (Wildman–Crippen LogP) is 3.28. The van der Waals surface area contributed by atoms with E-state index in [1.165, 1.54) is 18.2 Å². The van der Waals surface area contributed by atoms with E-state index in [0.717, 1.165) is 24.4 Å². The van der Waals surface area contributed by atoms with Crippen LogP contribution in [0, 0.1) is 5.95 Å². The van der Waals surface area contributed by atoms with E-state index < -0.39 is 29.6 Å². The number of nitrogens with one attached hydrogen (secondary N) is 1. The summed E-state index contributed by atoms with van der Waals surface area (Å²) in [6.07, 6.45) is -2.89. The molecular formula is C23H24F4N4O3. The summed E-state index contributed by atoms with van der Waals surface area (Å²) in [5.74, 6) is -1.46. The fourth-order valence-electron chi connectivity index (χ4n) is 4.28. The Kier molecular flexibility index (Phi) is 7.01. The lowest BCUT2D eigenvalue weighted by Gasteiger charge is -2.41. The zero-order chi connectivity index (χ0) is 24.3. The number of benzene rings is 1. The van der Waals surface area contributed by atoms with E-state index in [9.17, 15) is 27.2 Å². The maximum Gasteiger partial charge on any atom is 0.416 e. The number of hydrogen-bond acceptors (Lipinski definition) is 4. The maximum atomic E-state index is 13.1. The smallest absolute Gasteiger partial charge is 0.378 e. The molecule has 3 amide bonds. The SMILES string of the molecule is O=C(NC1CC(c2ccc(C(F)(F)F)cc2)CN(C(=O)N2CCOCC2)C1)c1ccc(F)nc1. The molecule has 1 N–H and O–H groups in total. The van der Waals surface area contributed by atoms with Gasteiger partial charge in [0.2, 0.25) is 5.95 Å². The molecule has 0 saturated carbocycles. The van der Waals surface area contributed by atoms with Crippen LogP contribution in [0.15, 0.2) is 42.6 Å². The molecule has 2 atom stereocenters. The van der Waals surface area contributed by atoms with Crippen LogP contribution in [0.5, 0.6) is 0 Å². The monoisotopic (exact) mass is 480 g/mol. The minimum atomic E-state index is -4.44. The Morgan fingerprint density at radius 2 is 1.71 bits per heavy atom. The Hall–Kier alpha value is -3.21. The molecule has 2 aromatic rings. The molecule has 0 radical (unpaired) electrons. The molecule has 2 saturated heterocycles. The first-order valence-electron chi connectivity index (χ1n) is 10.9. The third-order valence-electron chi connectivity index (χ3n) is 6.04. The number of likely N-dealkylation sites (tertiary alicyclic amines) is 1. The summed E-state index contributed by atoms with van der Waals surface area (Å²) in [7, 11) is 0. The minimum Gasteiger partial charge on any atom is -0.378 e. The standard InChI is InChI=1S/C23H24F4N4O3/c24-20-6-3-16(12-28-20)21(32)29-19-11-17(15-1-4-18(5-2-15)23(25,26)27)13-31(14-19)22(33)30-7-9-34-10-8-30/h1-6,12,17,19H,7-11,13-14H2,(H,29,32). The average Bonchev–Trinajstić information content (AvgIpc) is 2.84. The molecule has 2 fully saturated rings. The van der Waals surface area contributed by atoms with Gasteiger partial charge < -0.3 is 19.9 Å². The van der Waals surface area contributed by atoms with E-state index in [1.54, 1.807) is 9.80 Å². The lowest BCUT2D eigenvalue weighted by Crippen LogP contribution is -2.56. The molecule has 3 heterocycles. The topological polar surface area (TPSA) is 74.8 Å². The van der Waals surface area contributed by atoms with Crippen molar-refractivity contribution in [2.45, 2.75) is 24.6 Å². The van der Waals surface area contributed by atoms with Crippen LogP contribution >= 0.6 is 0 Å². The van der Waals surface area contributed by atoms with Gasteiger partial charge in [-0.05, 0) is 36.2 Å². The van der Waals surface area contributed by atoms with Gasteiger partial charge in [-0.3, -0.25) is 4.79 Å². The summed E-state index contributed by atoms with van der Waals surface area (Å²) in [5.41, 5.74) is 0.0706. The molecule has 11 heteroatoms. The van der Waals surface area contributed by atoms with Gasteiger partial charge >= 0.3 is 12.2 Å². The van der Waals surface area contributed by atoms with Gasteiger partial charge in [0.05, 0.1) is 24.3 Å². The van der Waals surface area contributed by atoms with E-state index in [0.29, 0.717) is 44.8 Å². The number of pyridine rings is 1. The molecule has 2 aliphatic rings. The summed E-state index contributed by atoms with van der Waals surface area (Å²) in [5, 5.41) is 2.86. The number of carbonyl (C=O) groups excluding carboxylic acids is 2. The average molecular weight is 480 g/mol. The summed E-state index contributed by atoms with van der Waals surface area (Å²) < 4.78 is 57.3. The van der Waals surface area contributed by atoms with Crippen molar-refractivity contribution in [1.29, 1.82) is 0 Å². The Bertz CT molecular complexity index is 1010. The molecule has 2 aliphatic heterocycles. The number of aromatic nitrogens is 1. The van der Waals surface area contributed by atoms with Crippen molar-refractivity contribution in [2.24, 2.45) is 0 Å². The van der Waals surface area contributed by atoms with E-state index in [4.69, 9.17) is 4.74 Å². The molecule has 34 heavy (non-hydrogen) atoms. The molecule has 182 valence electrons. The number of alkyl halides is 3. The Balaban J connectivity index is 1.53. The quantitative estimate of drug-likeness (QED) is 0.541. The van der Waals surface area contributed by atoms with Crippen molar-refractivity contribution in [2.75, 3.05) is 39.4 Å². The van der Waals surface area contributed by atoms with E-state index >= 15 is 0 Å². The largest absolute Gasteiger partial charge is 0.416 e. The normalized spacial score (nSPS) is 21.3. The number of amides is 3. The minimum absolute atomic E-state index is 0.170. The van der Waals surface area contributed by atoms with Crippen LogP contribution in [0.2, 0.25) is 0 Å². The first kappa shape index (κ1) is 23.9. The second-order valence-corrected chi connectivity index (χ2v) is 8.38. The molecule has 0 aliphatic carbocycles. The Morgan fingerprint density at radius 3 is 2.32 bits per heavy atom. The highest BCUT2D eigenvalue weighted by Gasteiger charge is 2.35.